The molecule has 184 valence electrons. The lowest BCUT2D eigenvalue weighted by atomic mass is 10.2. The number of carbonyl (C=O) groups is 2. The van der Waals surface area contributed by atoms with Crippen molar-refractivity contribution in [3.63, 3.8) is 0 Å². The summed E-state index contributed by atoms with van der Waals surface area (Å²) in [6.45, 7) is 3.80. The van der Waals surface area contributed by atoms with Crippen molar-refractivity contribution in [3.8, 4) is 5.75 Å². The van der Waals surface area contributed by atoms with Gasteiger partial charge in [0.05, 0.1) is 17.7 Å². The fraction of sp³-hybridized carbons (Fsp3) is 0.200. The van der Waals surface area contributed by atoms with Gasteiger partial charge in [-0.05, 0) is 74.0 Å². The Bertz CT molecular complexity index is 1270. The van der Waals surface area contributed by atoms with E-state index in [-0.39, 0.29) is 23.5 Å². The van der Waals surface area contributed by atoms with Crippen molar-refractivity contribution in [2.45, 2.75) is 31.3 Å². The van der Waals surface area contributed by atoms with Crippen LogP contribution in [0.2, 0.25) is 0 Å². The number of hydrogen-bond acceptors (Lipinski definition) is 6. The third-order valence-corrected chi connectivity index (χ3v) is 6.20. The Labute approximate surface area is 204 Å². The van der Waals surface area contributed by atoms with E-state index in [1.54, 1.807) is 55.6 Å². The summed E-state index contributed by atoms with van der Waals surface area (Å²) < 4.78 is 37.6. The molecule has 2 aromatic carbocycles. The fourth-order valence-corrected chi connectivity index (χ4v) is 3.93. The number of nitrogens with one attached hydrogen (secondary N) is 2. The van der Waals surface area contributed by atoms with Gasteiger partial charge >= 0.3 is 12.0 Å². The van der Waals surface area contributed by atoms with E-state index in [1.807, 2.05) is 13.8 Å². The summed E-state index contributed by atoms with van der Waals surface area (Å²) in [4.78, 5) is 25.8. The third kappa shape index (κ3) is 7.56. The summed E-state index contributed by atoms with van der Waals surface area (Å²) in [5.74, 6) is 0.232. The SMILES string of the molecule is CC(C)NC(=O)N(C)c1ccc(OC(=O)C=Cc2ccc(S(=O)(=O)NCc3ccco3)cc2)cc1. The molecule has 0 aliphatic rings. The van der Waals surface area contributed by atoms with Crippen LogP contribution in [-0.2, 0) is 21.4 Å². The van der Waals surface area contributed by atoms with Crippen molar-refractivity contribution in [2.24, 2.45) is 0 Å². The van der Waals surface area contributed by atoms with Crippen molar-refractivity contribution in [3.05, 3.63) is 84.3 Å². The first-order valence-corrected chi connectivity index (χ1v) is 12.3. The number of nitrogens with zero attached hydrogens (tertiary/aromatic N) is 1. The molecule has 0 radical (unpaired) electrons. The largest absolute Gasteiger partial charge is 0.468 e. The smallest absolute Gasteiger partial charge is 0.336 e. The first-order valence-electron chi connectivity index (χ1n) is 10.8. The average Bonchev–Trinajstić information content (AvgIpc) is 3.35. The second-order valence-corrected chi connectivity index (χ2v) is 9.65. The van der Waals surface area contributed by atoms with Crippen LogP contribution in [0.3, 0.4) is 0 Å². The first-order chi connectivity index (χ1) is 16.6. The first kappa shape index (κ1) is 25.7. The lowest BCUT2D eigenvalue weighted by Crippen LogP contribution is -2.40. The molecule has 0 saturated heterocycles. The molecule has 3 rings (SSSR count). The Balaban J connectivity index is 1.54. The van der Waals surface area contributed by atoms with E-state index in [4.69, 9.17) is 9.15 Å². The predicted molar refractivity (Wildman–Crippen MR) is 132 cm³/mol. The molecule has 0 aliphatic carbocycles. The van der Waals surface area contributed by atoms with Gasteiger partial charge in [-0.3, -0.25) is 4.90 Å². The predicted octanol–water partition coefficient (Wildman–Crippen LogP) is 3.93. The van der Waals surface area contributed by atoms with Crippen LogP contribution in [0.4, 0.5) is 10.5 Å². The summed E-state index contributed by atoms with van der Waals surface area (Å²) in [7, 11) is -2.05. The van der Waals surface area contributed by atoms with Crippen LogP contribution in [0.25, 0.3) is 6.08 Å². The average molecular weight is 498 g/mol. The molecule has 0 unspecified atom stereocenters. The van der Waals surface area contributed by atoms with Crippen LogP contribution in [0.15, 0.2) is 82.3 Å². The van der Waals surface area contributed by atoms with Gasteiger partial charge in [-0.1, -0.05) is 12.1 Å². The Morgan fingerprint density at radius 1 is 1.06 bits per heavy atom. The van der Waals surface area contributed by atoms with E-state index >= 15 is 0 Å². The number of carbonyl (C=O) groups excluding carboxylic acids is 2. The van der Waals surface area contributed by atoms with E-state index in [2.05, 4.69) is 10.0 Å². The molecule has 0 aliphatic heterocycles. The maximum atomic E-state index is 12.4. The lowest BCUT2D eigenvalue weighted by Gasteiger charge is -2.19. The van der Waals surface area contributed by atoms with Gasteiger partial charge in [0.2, 0.25) is 10.0 Å². The van der Waals surface area contributed by atoms with E-state index < -0.39 is 16.0 Å². The summed E-state index contributed by atoms with van der Waals surface area (Å²) in [5.41, 5.74) is 1.27. The van der Waals surface area contributed by atoms with Gasteiger partial charge in [-0.2, -0.15) is 0 Å². The molecular formula is C25H27N3O6S. The molecule has 2 N–H and O–H groups in total. The lowest BCUT2D eigenvalue weighted by molar-refractivity contribution is -0.128. The minimum Gasteiger partial charge on any atom is -0.468 e. The summed E-state index contributed by atoms with van der Waals surface area (Å²) in [6, 6.07) is 15.7. The van der Waals surface area contributed by atoms with E-state index in [0.717, 1.165) is 0 Å². The second-order valence-electron chi connectivity index (χ2n) is 7.88. The number of hydrogen-bond donors (Lipinski definition) is 2. The minimum atomic E-state index is -3.70. The molecule has 1 aromatic heterocycles. The zero-order chi connectivity index (χ0) is 25.4. The molecule has 1 heterocycles. The van der Waals surface area contributed by atoms with E-state index in [9.17, 15) is 18.0 Å². The van der Waals surface area contributed by atoms with Gasteiger partial charge in [0, 0.05) is 24.9 Å². The van der Waals surface area contributed by atoms with Crippen LogP contribution in [0.5, 0.6) is 5.75 Å². The summed E-state index contributed by atoms with van der Waals surface area (Å²) in [6.07, 6.45) is 4.24. The Morgan fingerprint density at radius 2 is 1.74 bits per heavy atom. The number of esters is 1. The number of furan rings is 1. The molecule has 2 amide bonds. The van der Waals surface area contributed by atoms with Gasteiger partial charge in [0.1, 0.15) is 11.5 Å². The number of urea groups is 1. The second kappa shape index (κ2) is 11.5. The summed E-state index contributed by atoms with van der Waals surface area (Å²) >= 11 is 0. The van der Waals surface area contributed by atoms with Crippen molar-refractivity contribution in [2.75, 3.05) is 11.9 Å². The highest BCUT2D eigenvalue weighted by molar-refractivity contribution is 7.89. The van der Waals surface area contributed by atoms with Crippen LogP contribution >= 0.6 is 0 Å². The van der Waals surface area contributed by atoms with Crippen molar-refractivity contribution >= 4 is 33.8 Å². The van der Waals surface area contributed by atoms with Crippen LogP contribution in [0, 0.1) is 0 Å². The molecule has 0 bridgehead atoms. The molecule has 0 atom stereocenters. The zero-order valence-corrected chi connectivity index (χ0v) is 20.4. The molecule has 0 fully saturated rings. The molecule has 3 aromatic rings. The summed E-state index contributed by atoms with van der Waals surface area (Å²) in [5, 5.41) is 2.80. The molecular weight excluding hydrogens is 470 g/mol. The third-order valence-electron chi connectivity index (χ3n) is 4.78. The number of ether oxygens (including phenoxy) is 1. The molecule has 35 heavy (non-hydrogen) atoms. The Hall–Kier alpha value is -3.89. The van der Waals surface area contributed by atoms with Gasteiger partial charge in [0.15, 0.2) is 0 Å². The van der Waals surface area contributed by atoms with Gasteiger partial charge in [0.25, 0.3) is 0 Å². The van der Waals surface area contributed by atoms with Crippen molar-refractivity contribution in [1.29, 1.82) is 0 Å². The fourth-order valence-electron chi connectivity index (χ4n) is 2.93. The van der Waals surface area contributed by atoms with Crippen molar-refractivity contribution < 1.29 is 27.2 Å². The van der Waals surface area contributed by atoms with Gasteiger partial charge in [-0.25, -0.2) is 22.7 Å². The molecule has 0 spiro atoms. The van der Waals surface area contributed by atoms with E-state index in [0.29, 0.717) is 22.8 Å². The molecule has 0 saturated carbocycles. The van der Waals surface area contributed by atoms with Crippen LogP contribution in [-0.4, -0.2) is 33.5 Å². The quantitative estimate of drug-likeness (QED) is 0.263. The number of amides is 2. The van der Waals surface area contributed by atoms with Gasteiger partial charge < -0.3 is 14.5 Å². The highest BCUT2D eigenvalue weighted by Gasteiger charge is 2.14. The normalized spacial score (nSPS) is 11.5. The highest BCUT2D eigenvalue weighted by Crippen LogP contribution is 2.19. The maximum absolute atomic E-state index is 12.4. The number of anilines is 1. The van der Waals surface area contributed by atoms with Crippen LogP contribution in [0.1, 0.15) is 25.2 Å². The molecule has 9 nitrogen and oxygen atoms in total. The van der Waals surface area contributed by atoms with E-state index in [1.165, 1.54) is 35.4 Å². The van der Waals surface area contributed by atoms with Gasteiger partial charge in [-0.15, -0.1) is 0 Å². The van der Waals surface area contributed by atoms with Crippen LogP contribution < -0.4 is 19.7 Å². The standard InChI is InChI=1S/C25H27N3O6S/c1-18(2)27-25(30)28(3)20-9-11-21(12-10-20)34-24(29)15-8-19-6-13-23(14-7-19)35(31,32)26-17-22-5-4-16-33-22/h4-16,18,26H,17H2,1-3H3,(H,27,30). The zero-order valence-electron chi connectivity index (χ0n) is 19.6. The van der Waals surface area contributed by atoms with Crippen molar-refractivity contribution in [1.82, 2.24) is 10.0 Å². The minimum absolute atomic E-state index is 0.0153. The molecule has 10 heteroatoms. The topological polar surface area (TPSA) is 118 Å². The number of sulfonamides is 1. The number of benzene rings is 2. The monoisotopic (exact) mass is 497 g/mol. The Kier molecular flexibility index (Phi) is 8.45. The number of rotatable bonds is 9. The highest BCUT2D eigenvalue weighted by atomic mass is 32.2. The Morgan fingerprint density at radius 3 is 2.34 bits per heavy atom. The maximum Gasteiger partial charge on any atom is 0.336 e.